The third kappa shape index (κ3) is 1.76. The van der Waals surface area contributed by atoms with Gasteiger partial charge in [-0.2, -0.15) is 0 Å². The molecule has 4 rings (SSSR count). The number of allylic oxidation sites excluding steroid dienone is 2. The van der Waals surface area contributed by atoms with Crippen molar-refractivity contribution in [2.45, 2.75) is 0 Å². The van der Waals surface area contributed by atoms with Gasteiger partial charge in [0.15, 0.2) is 0 Å². The van der Waals surface area contributed by atoms with Gasteiger partial charge in [0.05, 0.1) is 0 Å². The van der Waals surface area contributed by atoms with Gasteiger partial charge in [0.2, 0.25) is 0 Å². The minimum absolute atomic E-state index is 0.213. The van der Waals surface area contributed by atoms with Crippen LogP contribution in [0.2, 0.25) is 0 Å². The standard InChI is InChI=1S/C16H10As2/c1-3-7-13-11(5-1)9-15(17-13)16-10-12-6-2-4-8-14(12)18-16/h1-10H. The molecule has 2 aromatic rings. The van der Waals surface area contributed by atoms with Crippen molar-refractivity contribution in [2.75, 3.05) is 0 Å². The van der Waals surface area contributed by atoms with Gasteiger partial charge in [-0.3, -0.25) is 0 Å². The first-order valence-corrected chi connectivity index (χ1v) is 9.71. The predicted molar refractivity (Wildman–Crippen MR) is 79.6 cm³/mol. The van der Waals surface area contributed by atoms with E-state index in [1.54, 1.807) is 17.4 Å². The van der Waals surface area contributed by atoms with E-state index < -0.39 is 0 Å². The molecule has 0 atom stereocenters. The van der Waals surface area contributed by atoms with Gasteiger partial charge < -0.3 is 0 Å². The molecule has 0 aromatic heterocycles. The van der Waals surface area contributed by atoms with E-state index in [9.17, 15) is 0 Å². The summed E-state index contributed by atoms with van der Waals surface area (Å²) in [6, 6.07) is 17.7. The van der Waals surface area contributed by atoms with Crippen LogP contribution in [0.5, 0.6) is 0 Å². The van der Waals surface area contributed by atoms with E-state index >= 15 is 0 Å². The first-order chi connectivity index (χ1) is 8.90. The molecule has 2 radical (unpaired) electrons. The zero-order valence-corrected chi connectivity index (χ0v) is 13.4. The van der Waals surface area contributed by atoms with E-state index in [0.29, 0.717) is 0 Å². The predicted octanol–water partition coefficient (Wildman–Crippen LogP) is 1.75. The zero-order valence-electron chi connectivity index (χ0n) is 9.67. The van der Waals surface area contributed by atoms with Crippen LogP contribution < -0.4 is 8.70 Å². The van der Waals surface area contributed by atoms with E-state index in [-0.39, 0.29) is 31.5 Å². The van der Waals surface area contributed by atoms with E-state index in [0.717, 1.165) is 0 Å². The number of hydrogen-bond donors (Lipinski definition) is 0. The summed E-state index contributed by atoms with van der Waals surface area (Å²) in [5, 5.41) is 0. The fraction of sp³-hybridized carbons (Fsp3) is 0. The van der Waals surface area contributed by atoms with Gasteiger partial charge in [-0.1, -0.05) is 0 Å². The zero-order chi connectivity index (χ0) is 11.9. The van der Waals surface area contributed by atoms with Crippen molar-refractivity contribution in [1.82, 2.24) is 0 Å². The summed E-state index contributed by atoms with van der Waals surface area (Å²) in [5.74, 6) is 0. The van der Waals surface area contributed by atoms with Crippen molar-refractivity contribution < 1.29 is 0 Å². The molecule has 84 valence electrons. The Kier molecular flexibility index (Phi) is 2.61. The molecule has 2 heterocycles. The molecule has 0 spiro atoms. The van der Waals surface area contributed by atoms with Gasteiger partial charge in [0, 0.05) is 0 Å². The monoisotopic (exact) mass is 352 g/mol. The molecule has 0 saturated carbocycles. The molecular weight excluding hydrogens is 342 g/mol. The number of rotatable bonds is 1. The Morgan fingerprint density at radius 3 is 1.44 bits per heavy atom. The third-order valence-corrected chi connectivity index (χ3v) is 9.32. The summed E-state index contributed by atoms with van der Waals surface area (Å²) >= 11 is 0.425. The van der Waals surface area contributed by atoms with Crippen molar-refractivity contribution in [3.8, 4) is 0 Å². The molecule has 18 heavy (non-hydrogen) atoms. The Morgan fingerprint density at radius 2 is 1.00 bits per heavy atom. The van der Waals surface area contributed by atoms with Crippen LogP contribution in [0.3, 0.4) is 0 Å². The van der Waals surface area contributed by atoms with Crippen molar-refractivity contribution in [1.29, 1.82) is 0 Å². The van der Waals surface area contributed by atoms with Gasteiger partial charge in [-0.15, -0.1) is 0 Å². The number of benzene rings is 2. The molecule has 0 bridgehead atoms. The number of fused-ring (bicyclic) bond motifs is 2. The van der Waals surface area contributed by atoms with Crippen molar-refractivity contribution in [3.63, 3.8) is 0 Å². The summed E-state index contributed by atoms with van der Waals surface area (Å²) in [6.07, 6.45) is 4.84. The summed E-state index contributed by atoms with van der Waals surface area (Å²) in [7, 11) is 0. The number of hydrogen-bond acceptors (Lipinski definition) is 0. The van der Waals surface area contributed by atoms with E-state index in [1.165, 1.54) is 11.1 Å². The minimum atomic E-state index is 0.213. The van der Waals surface area contributed by atoms with E-state index in [2.05, 4.69) is 60.7 Å². The molecule has 2 heteroatoms. The maximum atomic E-state index is 2.42. The second kappa shape index (κ2) is 4.30. The molecule has 0 amide bonds. The van der Waals surface area contributed by atoms with Crippen molar-refractivity contribution >= 4 is 52.4 Å². The summed E-state index contributed by atoms with van der Waals surface area (Å²) in [6.45, 7) is 0. The van der Waals surface area contributed by atoms with Crippen LogP contribution in [0.15, 0.2) is 57.3 Å². The van der Waals surface area contributed by atoms with E-state index in [4.69, 9.17) is 0 Å². The van der Waals surface area contributed by atoms with Gasteiger partial charge in [0.25, 0.3) is 0 Å². The molecule has 0 N–H and O–H groups in total. The van der Waals surface area contributed by atoms with Crippen LogP contribution in [0.25, 0.3) is 12.2 Å². The molecule has 0 fully saturated rings. The van der Waals surface area contributed by atoms with Crippen LogP contribution in [0, 0.1) is 0 Å². The Balaban J connectivity index is 1.70. The Hall–Kier alpha value is -0.963. The molecular formula is C16H10As2. The van der Waals surface area contributed by atoms with Crippen LogP contribution in [-0.4, -0.2) is 31.5 Å². The van der Waals surface area contributed by atoms with Crippen LogP contribution in [0.1, 0.15) is 11.1 Å². The maximum absolute atomic E-state index is 2.42. The third-order valence-electron chi connectivity index (χ3n) is 3.20. The first-order valence-electron chi connectivity index (χ1n) is 5.95. The average Bonchev–Trinajstić information content (AvgIpc) is 3.02. The Labute approximate surface area is 120 Å². The molecule has 0 unspecified atom stereocenters. The fourth-order valence-electron chi connectivity index (χ4n) is 2.30. The second-order valence-corrected chi connectivity index (χ2v) is 9.38. The SMILES string of the molecule is C1=C(C2=Cc3ccccc3[As]2)[As]c2ccccc21. The first kappa shape index (κ1) is 10.9. The Morgan fingerprint density at radius 1 is 0.556 bits per heavy atom. The van der Waals surface area contributed by atoms with Gasteiger partial charge in [-0.05, 0) is 0 Å². The summed E-state index contributed by atoms with van der Waals surface area (Å²) < 4.78 is 6.40. The van der Waals surface area contributed by atoms with Gasteiger partial charge >= 0.3 is 121 Å². The quantitative estimate of drug-likeness (QED) is 0.687. The van der Waals surface area contributed by atoms with Crippen molar-refractivity contribution in [3.05, 3.63) is 68.4 Å². The molecule has 2 aromatic carbocycles. The van der Waals surface area contributed by atoms with E-state index in [1.807, 2.05) is 0 Å². The normalized spacial score (nSPS) is 18.7. The fourth-order valence-corrected chi connectivity index (χ4v) is 7.89. The summed E-state index contributed by atoms with van der Waals surface area (Å²) in [5.41, 5.74) is 2.90. The molecule has 0 nitrogen and oxygen atoms in total. The molecule has 2 aliphatic rings. The summed E-state index contributed by atoms with van der Waals surface area (Å²) in [4.78, 5) is 0. The van der Waals surface area contributed by atoms with Crippen LogP contribution >= 0.6 is 0 Å². The van der Waals surface area contributed by atoms with Crippen molar-refractivity contribution in [2.24, 2.45) is 0 Å². The van der Waals surface area contributed by atoms with Gasteiger partial charge in [0.1, 0.15) is 0 Å². The Bertz CT molecular complexity index is 634. The van der Waals surface area contributed by atoms with Gasteiger partial charge in [-0.25, -0.2) is 0 Å². The average molecular weight is 352 g/mol. The molecule has 2 aliphatic heterocycles. The van der Waals surface area contributed by atoms with Crippen LogP contribution in [-0.2, 0) is 0 Å². The van der Waals surface area contributed by atoms with Crippen LogP contribution in [0.4, 0.5) is 0 Å². The topological polar surface area (TPSA) is 0 Å². The molecule has 0 aliphatic carbocycles. The molecule has 0 saturated heterocycles. The second-order valence-electron chi connectivity index (χ2n) is 4.40.